The molecule has 0 saturated carbocycles. The Bertz CT molecular complexity index is 1240. The number of rotatable bonds is 4. The van der Waals surface area contributed by atoms with E-state index in [4.69, 9.17) is 17.2 Å². The second kappa shape index (κ2) is 9.98. The third-order valence-corrected chi connectivity index (χ3v) is 8.47. The summed E-state index contributed by atoms with van der Waals surface area (Å²) in [6, 6.07) is 25.2. The molecule has 4 rings (SSSR count). The summed E-state index contributed by atoms with van der Waals surface area (Å²) >= 11 is 0. The van der Waals surface area contributed by atoms with E-state index in [0.717, 1.165) is 5.56 Å². The maximum absolute atomic E-state index is 12.2. The van der Waals surface area contributed by atoms with Crippen molar-refractivity contribution >= 4 is 36.7 Å². The molecule has 4 aromatic rings. The molecule has 0 atom stereocenters. The zero-order valence-corrected chi connectivity index (χ0v) is 20.1. The zero-order valence-electron chi connectivity index (χ0n) is 18.4. The molecule has 6 N–H and O–H groups in total. The van der Waals surface area contributed by atoms with Gasteiger partial charge in [-0.25, -0.2) is 16.8 Å². The molecule has 0 aliphatic carbocycles. The number of aryl methyl sites for hydroxylation is 1. The van der Waals surface area contributed by atoms with E-state index in [2.05, 4.69) is 0 Å². The molecule has 0 heterocycles. The van der Waals surface area contributed by atoms with E-state index in [-0.39, 0.29) is 14.7 Å². The maximum Gasteiger partial charge on any atom is 0.206 e. The largest absolute Gasteiger partial charge is 0.399 e. The molecule has 0 unspecified atom stereocenters. The van der Waals surface area contributed by atoms with Crippen LogP contribution < -0.4 is 17.2 Å². The van der Waals surface area contributed by atoms with Crippen LogP contribution in [0, 0.1) is 6.92 Å². The first kappa shape index (κ1) is 24.8. The number of hydrogen-bond donors (Lipinski definition) is 3. The van der Waals surface area contributed by atoms with Crippen molar-refractivity contribution in [2.45, 2.75) is 26.5 Å². The van der Waals surface area contributed by atoms with Gasteiger partial charge in [-0.3, -0.25) is 0 Å². The lowest BCUT2D eigenvalue weighted by Crippen LogP contribution is -2.02. The Labute approximate surface area is 199 Å². The second-order valence-electron chi connectivity index (χ2n) is 7.53. The summed E-state index contributed by atoms with van der Waals surface area (Å²) < 4.78 is 48.8. The van der Waals surface area contributed by atoms with Crippen LogP contribution in [0.2, 0.25) is 0 Å². The van der Waals surface area contributed by atoms with Crippen LogP contribution in [0.4, 0.5) is 17.1 Å². The van der Waals surface area contributed by atoms with E-state index in [1.165, 1.54) is 36.4 Å². The van der Waals surface area contributed by atoms with Crippen LogP contribution in [0.25, 0.3) is 0 Å². The summed E-state index contributed by atoms with van der Waals surface area (Å²) in [7, 11) is -6.91. The van der Waals surface area contributed by atoms with E-state index in [9.17, 15) is 16.8 Å². The topological polar surface area (TPSA) is 146 Å². The average molecular weight is 496 g/mol. The van der Waals surface area contributed by atoms with E-state index in [1.54, 1.807) is 60.7 Å². The quantitative estimate of drug-likeness (QED) is 0.361. The zero-order chi connectivity index (χ0) is 24.9. The van der Waals surface area contributed by atoms with Gasteiger partial charge in [-0.05, 0) is 91.9 Å². The van der Waals surface area contributed by atoms with Crippen molar-refractivity contribution in [2.75, 3.05) is 17.2 Å². The minimum atomic E-state index is -3.48. The summed E-state index contributed by atoms with van der Waals surface area (Å²) in [5.74, 6) is 0. The van der Waals surface area contributed by atoms with E-state index in [0.29, 0.717) is 22.0 Å². The van der Waals surface area contributed by atoms with Crippen LogP contribution in [0.3, 0.4) is 0 Å². The van der Waals surface area contributed by atoms with Gasteiger partial charge >= 0.3 is 0 Å². The summed E-state index contributed by atoms with van der Waals surface area (Å²) in [5, 5.41) is 0. The standard InChI is InChI=1S/C13H13NO2S.C12H12N2O2S/c1-10-2-6-12(7-3-10)17(15,16)13-8-4-11(14)5-9-13;13-9-1-5-11(6-2-9)17(15,16)12-7-3-10(14)4-8-12/h2-9H,14H2,1H3;1-8H,13-14H2. The maximum atomic E-state index is 12.2. The normalized spacial score (nSPS) is 11.3. The van der Waals surface area contributed by atoms with Gasteiger partial charge in [0, 0.05) is 17.1 Å². The molecule has 176 valence electrons. The van der Waals surface area contributed by atoms with Gasteiger partial charge in [0.1, 0.15) is 0 Å². The van der Waals surface area contributed by atoms with Crippen LogP contribution in [0.1, 0.15) is 5.56 Å². The molecule has 0 aliphatic rings. The van der Waals surface area contributed by atoms with Crippen molar-refractivity contribution in [3.63, 3.8) is 0 Å². The molecule has 0 spiro atoms. The second-order valence-corrected chi connectivity index (χ2v) is 11.4. The Hall–Kier alpha value is -3.82. The van der Waals surface area contributed by atoms with Gasteiger partial charge in [0.05, 0.1) is 19.6 Å². The first-order chi connectivity index (χ1) is 16.0. The van der Waals surface area contributed by atoms with Crippen LogP contribution in [-0.4, -0.2) is 16.8 Å². The van der Waals surface area contributed by atoms with Crippen molar-refractivity contribution in [3.05, 3.63) is 103 Å². The molecule has 0 radical (unpaired) electrons. The Kier molecular flexibility index (Phi) is 7.29. The summed E-state index contributed by atoms with van der Waals surface area (Å²) in [6.45, 7) is 1.92. The van der Waals surface area contributed by atoms with Crippen molar-refractivity contribution < 1.29 is 16.8 Å². The highest BCUT2D eigenvalue weighted by Crippen LogP contribution is 2.23. The molecule has 4 aromatic carbocycles. The van der Waals surface area contributed by atoms with Gasteiger partial charge in [0.15, 0.2) is 0 Å². The van der Waals surface area contributed by atoms with Crippen LogP contribution in [0.15, 0.2) is 117 Å². The van der Waals surface area contributed by atoms with E-state index in [1.807, 2.05) is 6.92 Å². The lowest BCUT2D eigenvalue weighted by Gasteiger charge is -2.05. The Morgan fingerprint density at radius 3 is 0.853 bits per heavy atom. The molecule has 34 heavy (non-hydrogen) atoms. The number of hydrogen-bond acceptors (Lipinski definition) is 7. The SMILES string of the molecule is Cc1ccc(S(=O)(=O)c2ccc(N)cc2)cc1.Nc1ccc(S(=O)(=O)c2ccc(N)cc2)cc1. The predicted octanol–water partition coefficient (Wildman–Crippen LogP) is 4.09. The molecule has 0 bridgehead atoms. The van der Waals surface area contributed by atoms with Crippen molar-refractivity contribution in [1.82, 2.24) is 0 Å². The summed E-state index contributed by atoms with van der Waals surface area (Å²) in [6.07, 6.45) is 0. The highest BCUT2D eigenvalue weighted by Gasteiger charge is 2.17. The third-order valence-electron chi connectivity index (χ3n) is 4.90. The lowest BCUT2D eigenvalue weighted by molar-refractivity contribution is 0.594. The van der Waals surface area contributed by atoms with Crippen LogP contribution in [-0.2, 0) is 19.7 Å². The van der Waals surface area contributed by atoms with Gasteiger partial charge < -0.3 is 17.2 Å². The van der Waals surface area contributed by atoms with Gasteiger partial charge in [-0.15, -0.1) is 0 Å². The predicted molar refractivity (Wildman–Crippen MR) is 135 cm³/mol. The molecular weight excluding hydrogens is 470 g/mol. The van der Waals surface area contributed by atoms with Gasteiger partial charge in [-0.1, -0.05) is 17.7 Å². The minimum Gasteiger partial charge on any atom is -0.399 e. The van der Waals surface area contributed by atoms with Gasteiger partial charge in [-0.2, -0.15) is 0 Å². The van der Waals surface area contributed by atoms with E-state index < -0.39 is 19.7 Å². The minimum absolute atomic E-state index is 0.219. The number of nitrogens with two attached hydrogens (primary N) is 3. The van der Waals surface area contributed by atoms with Crippen LogP contribution >= 0.6 is 0 Å². The van der Waals surface area contributed by atoms with Crippen molar-refractivity contribution in [1.29, 1.82) is 0 Å². The fraction of sp³-hybridized carbons (Fsp3) is 0.0400. The van der Waals surface area contributed by atoms with Gasteiger partial charge in [0.25, 0.3) is 0 Å². The molecule has 0 aliphatic heterocycles. The Morgan fingerprint density at radius 1 is 0.412 bits per heavy atom. The van der Waals surface area contributed by atoms with Crippen LogP contribution in [0.5, 0.6) is 0 Å². The lowest BCUT2D eigenvalue weighted by atomic mass is 10.2. The monoisotopic (exact) mass is 495 g/mol. The fourth-order valence-electron chi connectivity index (χ4n) is 2.93. The first-order valence-corrected chi connectivity index (χ1v) is 13.1. The number of nitrogen functional groups attached to an aromatic ring is 3. The van der Waals surface area contributed by atoms with E-state index >= 15 is 0 Å². The highest BCUT2D eigenvalue weighted by atomic mass is 32.2. The number of anilines is 3. The molecule has 0 saturated heterocycles. The van der Waals surface area contributed by atoms with Gasteiger partial charge in [0.2, 0.25) is 19.7 Å². The Balaban J connectivity index is 0.000000191. The molecule has 0 amide bonds. The number of sulfone groups is 2. The van der Waals surface area contributed by atoms with Crippen molar-refractivity contribution in [2.24, 2.45) is 0 Å². The molecule has 9 heteroatoms. The molecular formula is C25H25N3O4S2. The highest BCUT2D eigenvalue weighted by molar-refractivity contribution is 7.91. The molecule has 0 aromatic heterocycles. The number of benzene rings is 4. The third kappa shape index (κ3) is 5.75. The fourth-order valence-corrected chi connectivity index (χ4v) is 5.45. The summed E-state index contributed by atoms with van der Waals surface area (Å²) in [5.41, 5.74) is 19.2. The molecule has 7 nitrogen and oxygen atoms in total. The average Bonchev–Trinajstić information content (AvgIpc) is 2.81. The molecule has 0 fully saturated rings. The van der Waals surface area contributed by atoms with Crippen molar-refractivity contribution in [3.8, 4) is 0 Å². The first-order valence-electron chi connectivity index (χ1n) is 10.1. The summed E-state index contributed by atoms with van der Waals surface area (Å²) in [4.78, 5) is 0.997. The Morgan fingerprint density at radius 2 is 0.618 bits per heavy atom. The smallest absolute Gasteiger partial charge is 0.206 e.